The highest BCUT2D eigenvalue weighted by atomic mass is 15.1. The Hall–Kier alpha value is -1.16. The fourth-order valence-electron chi connectivity index (χ4n) is 1.92. The smallest absolute Gasteiger partial charge is 0.134 e. The number of aryl methyl sites for hydroxylation is 1. The zero-order valence-electron chi connectivity index (χ0n) is 10.3. The molecule has 1 unspecified atom stereocenters. The predicted octanol–water partition coefficient (Wildman–Crippen LogP) is 1.64. The maximum atomic E-state index is 4.52. The largest absolute Gasteiger partial charge is 0.367 e. The van der Waals surface area contributed by atoms with E-state index < -0.39 is 0 Å². The summed E-state index contributed by atoms with van der Waals surface area (Å²) in [5, 5.41) is 6.84. The van der Waals surface area contributed by atoms with E-state index >= 15 is 0 Å². The minimum absolute atomic E-state index is 0.459. The van der Waals surface area contributed by atoms with Crippen molar-refractivity contribution in [3.8, 4) is 0 Å². The Morgan fingerprint density at radius 3 is 3.00 bits per heavy atom. The molecule has 4 nitrogen and oxygen atoms in total. The summed E-state index contributed by atoms with van der Waals surface area (Å²) in [7, 11) is 0. The van der Waals surface area contributed by atoms with E-state index in [0.29, 0.717) is 6.04 Å². The van der Waals surface area contributed by atoms with Crippen LogP contribution in [0.2, 0.25) is 0 Å². The van der Waals surface area contributed by atoms with Crippen molar-refractivity contribution >= 4 is 5.82 Å². The van der Waals surface area contributed by atoms with Gasteiger partial charge in [0.2, 0.25) is 0 Å². The maximum absolute atomic E-state index is 4.52. The third-order valence-electron chi connectivity index (χ3n) is 3.04. The quantitative estimate of drug-likeness (QED) is 0.813. The van der Waals surface area contributed by atoms with Crippen LogP contribution < -0.4 is 10.6 Å². The summed E-state index contributed by atoms with van der Waals surface area (Å²) in [6.45, 7) is 8.22. The van der Waals surface area contributed by atoms with E-state index in [1.807, 2.05) is 6.92 Å². The molecule has 1 atom stereocenters. The molecule has 2 rings (SSSR count). The van der Waals surface area contributed by atoms with Gasteiger partial charge in [0.15, 0.2) is 0 Å². The molecule has 2 N–H and O–H groups in total. The van der Waals surface area contributed by atoms with Gasteiger partial charge in [-0.2, -0.15) is 0 Å². The Morgan fingerprint density at radius 2 is 2.25 bits per heavy atom. The molecule has 0 amide bonds. The molecule has 1 aliphatic heterocycles. The summed E-state index contributed by atoms with van der Waals surface area (Å²) >= 11 is 0. The van der Waals surface area contributed by atoms with E-state index in [0.717, 1.165) is 37.6 Å². The third kappa shape index (κ3) is 2.32. The average molecular weight is 220 g/mol. The zero-order valence-corrected chi connectivity index (χ0v) is 10.3. The standard InChI is InChI=1S/C12H20N4/c1-4-8(2)14-12-10-7-13-6-5-11(10)15-9(3)16-12/h8,13H,4-7H2,1-3H3,(H,14,15,16). The molecule has 0 fully saturated rings. The van der Waals surface area contributed by atoms with Crippen LogP contribution in [0.1, 0.15) is 37.4 Å². The number of nitrogens with one attached hydrogen (secondary N) is 2. The summed E-state index contributed by atoms with van der Waals surface area (Å²) in [5.74, 6) is 1.88. The van der Waals surface area contributed by atoms with Crippen LogP contribution in [0, 0.1) is 6.92 Å². The SMILES string of the molecule is CCC(C)Nc1nc(C)nc2c1CNCC2. The molecule has 0 saturated carbocycles. The molecule has 1 aromatic heterocycles. The van der Waals surface area contributed by atoms with Crippen LogP contribution in [0.15, 0.2) is 0 Å². The average Bonchev–Trinajstić information content (AvgIpc) is 2.28. The Morgan fingerprint density at radius 1 is 1.44 bits per heavy atom. The van der Waals surface area contributed by atoms with Crippen LogP contribution in [-0.4, -0.2) is 22.6 Å². The highest BCUT2D eigenvalue weighted by Crippen LogP contribution is 2.20. The Labute approximate surface area is 96.9 Å². The Bertz CT molecular complexity index is 376. The monoisotopic (exact) mass is 220 g/mol. The fourth-order valence-corrected chi connectivity index (χ4v) is 1.92. The number of anilines is 1. The molecular weight excluding hydrogens is 200 g/mol. The summed E-state index contributed by atoms with van der Waals surface area (Å²) < 4.78 is 0. The highest BCUT2D eigenvalue weighted by Gasteiger charge is 2.16. The number of hydrogen-bond acceptors (Lipinski definition) is 4. The van der Waals surface area contributed by atoms with Crippen LogP contribution in [0.25, 0.3) is 0 Å². The summed E-state index contributed by atoms with van der Waals surface area (Å²) in [5.41, 5.74) is 2.45. The van der Waals surface area contributed by atoms with E-state index in [-0.39, 0.29) is 0 Å². The summed E-state index contributed by atoms with van der Waals surface area (Å²) in [6, 6.07) is 0.459. The molecule has 2 heterocycles. The number of aromatic nitrogens is 2. The molecule has 16 heavy (non-hydrogen) atoms. The molecule has 4 heteroatoms. The van der Waals surface area contributed by atoms with Gasteiger partial charge >= 0.3 is 0 Å². The molecule has 0 bridgehead atoms. The zero-order chi connectivity index (χ0) is 11.5. The lowest BCUT2D eigenvalue weighted by Gasteiger charge is -2.22. The van der Waals surface area contributed by atoms with Crippen molar-refractivity contribution in [1.29, 1.82) is 0 Å². The lowest BCUT2D eigenvalue weighted by Crippen LogP contribution is -2.28. The van der Waals surface area contributed by atoms with Crippen LogP contribution in [0.5, 0.6) is 0 Å². The second-order valence-electron chi connectivity index (χ2n) is 4.43. The van der Waals surface area contributed by atoms with Gasteiger partial charge in [-0.3, -0.25) is 0 Å². The first kappa shape index (κ1) is 11.3. The second kappa shape index (κ2) is 4.78. The predicted molar refractivity (Wildman–Crippen MR) is 65.6 cm³/mol. The van der Waals surface area contributed by atoms with Crippen molar-refractivity contribution < 1.29 is 0 Å². The van der Waals surface area contributed by atoms with Crippen molar-refractivity contribution in [3.05, 3.63) is 17.1 Å². The van der Waals surface area contributed by atoms with Crippen molar-refractivity contribution in [2.24, 2.45) is 0 Å². The van der Waals surface area contributed by atoms with E-state index in [1.54, 1.807) is 0 Å². The first-order valence-corrected chi connectivity index (χ1v) is 6.04. The molecule has 0 aromatic carbocycles. The van der Waals surface area contributed by atoms with Gasteiger partial charge < -0.3 is 10.6 Å². The second-order valence-corrected chi connectivity index (χ2v) is 4.43. The van der Waals surface area contributed by atoms with E-state index in [1.165, 1.54) is 11.3 Å². The lowest BCUT2D eigenvalue weighted by molar-refractivity contribution is 0.621. The maximum Gasteiger partial charge on any atom is 0.134 e. The molecule has 0 radical (unpaired) electrons. The number of hydrogen-bond donors (Lipinski definition) is 2. The van der Waals surface area contributed by atoms with Crippen molar-refractivity contribution in [2.45, 2.75) is 46.2 Å². The summed E-state index contributed by atoms with van der Waals surface area (Å²) in [6.07, 6.45) is 2.11. The minimum atomic E-state index is 0.459. The Balaban J connectivity index is 2.31. The normalized spacial score (nSPS) is 16.7. The number of rotatable bonds is 3. The van der Waals surface area contributed by atoms with Crippen molar-refractivity contribution in [1.82, 2.24) is 15.3 Å². The molecule has 0 aliphatic carbocycles. The molecule has 0 saturated heterocycles. The molecule has 88 valence electrons. The van der Waals surface area contributed by atoms with Crippen LogP contribution in [0.3, 0.4) is 0 Å². The number of fused-ring (bicyclic) bond motifs is 1. The van der Waals surface area contributed by atoms with E-state index in [2.05, 4.69) is 34.4 Å². The molecule has 1 aromatic rings. The van der Waals surface area contributed by atoms with Gasteiger partial charge in [-0.15, -0.1) is 0 Å². The number of nitrogens with zero attached hydrogens (tertiary/aromatic N) is 2. The van der Waals surface area contributed by atoms with Gasteiger partial charge in [0, 0.05) is 31.1 Å². The van der Waals surface area contributed by atoms with Gasteiger partial charge in [0.05, 0.1) is 5.69 Å². The third-order valence-corrected chi connectivity index (χ3v) is 3.04. The van der Waals surface area contributed by atoms with Gasteiger partial charge in [-0.05, 0) is 20.3 Å². The minimum Gasteiger partial charge on any atom is -0.367 e. The molecule has 1 aliphatic rings. The van der Waals surface area contributed by atoms with E-state index in [9.17, 15) is 0 Å². The Kier molecular flexibility index (Phi) is 3.39. The van der Waals surface area contributed by atoms with Gasteiger partial charge in [-0.25, -0.2) is 9.97 Å². The van der Waals surface area contributed by atoms with Crippen LogP contribution >= 0.6 is 0 Å². The van der Waals surface area contributed by atoms with Gasteiger partial charge in [-0.1, -0.05) is 6.92 Å². The molecule has 0 spiro atoms. The first-order chi connectivity index (χ1) is 7.70. The van der Waals surface area contributed by atoms with E-state index in [4.69, 9.17) is 0 Å². The fraction of sp³-hybridized carbons (Fsp3) is 0.667. The van der Waals surface area contributed by atoms with Gasteiger partial charge in [0.1, 0.15) is 11.6 Å². The molecular formula is C12H20N4. The highest BCUT2D eigenvalue weighted by molar-refractivity contribution is 5.48. The van der Waals surface area contributed by atoms with Crippen molar-refractivity contribution in [2.75, 3.05) is 11.9 Å². The topological polar surface area (TPSA) is 49.8 Å². The lowest BCUT2D eigenvalue weighted by atomic mass is 10.1. The summed E-state index contributed by atoms with van der Waals surface area (Å²) in [4.78, 5) is 9.03. The first-order valence-electron chi connectivity index (χ1n) is 6.04. The van der Waals surface area contributed by atoms with Gasteiger partial charge in [0.25, 0.3) is 0 Å². The van der Waals surface area contributed by atoms with Crippen molar-refractivity contribution in [3.63, 3.8) is 0 Å². The van der Waals surface area contributed by atoms with Crippen LogP contribution in [-0.2, 0) is 13.0 Å². The van der Waals surface area contributed by atoms with Crippen LogP contribution in [0.4, 0.5) is 5.82 Å².